The van der Waals surface area contributed by atoms with E-state index in [9.17, 15) is 8.78 Å². The van der Waals surface area contributed by atoms with E-state index in [-0.39, 0.29) is 0 Å². The van der Waals surface area contributed by atoms with Crippen LogP contribution in [0.2, 0.25) is 0 Å². The molecule has 2 fully saturated rings. The fraction of sp³-hybridized carbons (Fsp3) is 0.714. The smallest absolute Gasteiger partial charge is 0.162 e. The van der Waals surface area contributed by atoms with Crippen molar-refractivity contribution in [2.24, 2.45) is 29.6 Å². The van der Waals surface area contributed by atoms with E-state index in [1.54, 1.807) is 0 Å². The third kappa shape index (κ3) is 2.94. The van der Waals surface area contributed by atoms with Gasteiger partial charge in [0.05, 0.1) is 0 Å². The second-order valence-electron chi connectivity index (χ2n) is 8.51. The Morgan fingerprint density at radius 2 is 1.52 bits per heavy atom. The number of fused-ring (bicyclic) bond motifs is 2. The lowest BCUT2D eigenvalue weighted by molar-refractivity contribution is 0.0755. The van der Waals surface area contributed by atoms with Crippen molar-refractivity contribution in [2.45, 2.75) is 64.7 Å². The van der Waals surface area contributed by atoms with Gasteiger partial charge >= 0.3 is 0 Å². The first-order valence-electron chi connectivity index (χ1n) is 9.57. The third-order valence-electron chi connectivity index (χ3n) is 7.12. The molecule has 0 spiro atoms. The normalized spacial score (nSPS) is 37.1. The Bertz CT molecular complexity index is 579. The summed E-state index contributed by atoms with van der Waals surface area (Å²) in [6.07, 6.45) is 11.2. The Hall–Kier alpha value is -0.920. The monoisotopic (exact) mass is 318 g/mol. The lowest BCUT2D eigenvalue weighted by Crippen LogP contribution is -2.34. The van der Waals surface area contributed by atoms with Crippen LogP contribution in [0.15, 0.2) is 12.1 Å². The van der Waals surface area contributed by atoms with Gasteiger partial charge in [0.2, 0.25) is 0 Å². The van der Waals surface area contributed by atoms with Crippen LogP contribution in [0.4, 0.5) is 8.78 Å². The van der Waals surface area contributed by atoms with Gasteiger partial charge < -0.3 is 0 Å². The van der Waals surface area contributed by atoms with Crippen molar-refractivity contribution >= 4 is 0 Å². The first kappa shape index (κ1) is 15.6. The standard InChI is InChI=1S/C21H28F2/c1-13-2-3-15-11-16(5-4-14(15)10-13)17-6-8-19-18(12-17)7-9-20(22)21(19)23/h7,9,13-17H,2-6,8,10-12H2,1H3. The van der Waals surface area contributed by atoms with Crippen LogP contribution in [-0.4, -0.2) is 0 Å². The van der Waals surface area contributed by atoms with Crippen LogP contribution in [0.25, 0.3) is 0 Å². The molecule has 23 heavy (non-hydrogen) atoms. The molecule has 0 radical (unpaired) electrons. The molecule has 3 aliphatic carbocycles. The lowest BCUT2D eigenvalue weighted by Gasteiger charge is -2.44. The van der Waals surface area contributed by atoms with Crippen molar-refractivity contribution in [2.75, 3.05) is 0 Å². The fourth-order valence-electron chi connectivity index (χ4n) is 5.80. The van der Waals surface area contributed by atoms with Gasteiger partial charge in [-0.3, -0.25) is 0 Å². The summed E-state index contributed by atoms with van der Waals surface area (Å²) in [4.78, 5) is 0. The van der Waals surface area contributed by atoms with Crippen LogP contribution in [0.1, 0.15) is 63.0 Å². The van der Waals surface area contributed by atoms with E-state index in [4.69, 9.17) is 0 Å². The molecule has 1 aromatic carbocycles. The van der Waals surface area contributed by atoms with E-state index in [1.807, 2.05) is 6.07 Å². The van der Waals surface area contributed by atoms with Gasteiger partial charge in [-0.2, -0.15) is 0 Å². The summed E-state index contributed by atoms with van der Waals surface area (Å²) in [6, 6.07) is 3.14. The summed E-state index contributed by atoms with van der Waals surface area (Å²) < 4.78 is 27.3. The summed E-state index contributed by atoms with van der Waals surface area (Å²) in [5.41, 5.74) is 1.72. The summed E-state index contributed by atoms with van der Waals surface area (Å²) >= 11 is 0. The predicted octanol–water partition coefficient (Wildman–Crippen LogP) is 5.92. The van der Waals surface area contributed by atoms with Gasteiger partial charge in [0.1, 0.15) is 0 Å². The van der Waals surface area contributed by atoms with Gasteiger partial charge in [0.25, 0.3) is 0 Å². The minimum absolute atomic E-state index is 0.592. The van der Waals surface area contributed by atoms with Crippen molar-refractivity contribution in [3.63, 3.8) is 0 Å². The Kier molecular flexibility index (Phi) is 4.19. The van der Waals surface area contributed by atoms with Crippen molar-refractivity contribution in [1.29, 1.82) is 0 Å². The Labute approximate surface area is 138 Å². The Balaban J connectivity index is 1.45. The molecule has 0 aliphatic heterocycles. The zero-order valence-electron chi connectivity index (χ0n) is 14.2. The summed E-state index contributed by atoms with van der Waals surface area (Å²) in [6.45, 7) is 2.41. The molecular formula is C21H28F2. The second kappa shape index (κ2) is 6.18. The highest BCUT2D eigenvalue weighted by molar-refractivity contribution is 5.32. The first-order valence-corrected chi connectivity index (χ1v) is 9.57. The Morgan fingerprint density at radius 3 is 2.35 bits per heavy atom. The molecule has 0 amide bonds. The maximum Gasteiger partial charge on any atom is 0.162 e. The summed E-state index contributed by atoms with van der Waals surface area (Å²) in [5.74, 6) is 3.06. The summed E-state index contributed by atoms with van der Waals surface area (Å²) in [7, 11) is 0. The minimum atomic E-state index is -0.681. The molecule has 1 aromatic rings. The second-order valence-corrected chi connectivity index (χ2v) is 8.51. The molecule has 5 atom stereocenters. The number of hydrogen-bond donors (Lipinski definition) is 0. The minimum Gasteiger partial charge on any atom is -0.204 e. The summed E-state index contributed by atoms with van der Waals surface area (Å²) in [5, 5.41) is 0. The molecule has 5 unspecified atom stereocenters. The number of benzene rings is 1. The largest absolute Gasteiger partial charge is 0.204 e. The van der Waals surface area contributed by atoms with Gasteiger partial charge in [-0.25, -0.2) is 8.78 Å². The van der Waals surface area contributed by atoms with Crippen LogP contribution in [0.5, 0.6) is 0 Å². The molecule has 0 bridgehead atoms. The molecule has 0 nitrogen and oxygen atoms in total. The van der Waals surface area contributed by atoms with E-state index in [2.05, 4.69) is 6.92 Å². The molecule has 0 saturated heterocycles. The molecule has 2 heteroatoms. The van der Waals surface area contributed by atoms with Gasteiger partial charge in [-0.1, -0.05) is 19.4 Å². The van der Waals surface area contributed by atoms with Gasteiger partial charge in [0, 0.05) is 0 Å². The lowest BCUT2D eigenvalue weighted by atomic mass is 9.61. The van der Waals surface area contributed by atoms with E-state index < -0.39 is 11.6 Å². The van der Waals surface area contributed by atoms with Crippen molar-refractivity contribution in [3.05, 3.63) is 34.9 Å². The first-order chi connectivity index (χ1) is 11.1. The highest BCUT2D eigenvalue weighted by atomic mass is 19.2. The van der Waals surface area contributed by atoms with Crippen molar-refractivity contribution < 1.29 is 8.78 Å². The maximum atomic E-state index is 13.9. The zero-order valence-corrected chi connectivity index (χ0v) is 14.2. The van der Waals surface area contributed by atoms with Crippen LogP contribution in [0.3, 0.4) is 0 Å². The molecule has 2 saturated carbocycles. The molecule has 126 valence electrons. The molecule has 3 aliphatic rings. The third-order valence-corrected chi connectivity index (χ3v) is 7.12. The SMILES string of the molecule is CC1CCC2CC(C3CCc4c(ccc(F)c4F)C3)CCC2C1. The van der Waals surface area contributed by atoms with Crippen LogP contribution < -0.4 is 0 Å². The average molecular weight is 318 g/mol. The van der Waals surface area contributed by atoms with Crippen molar-refractivity contribution in [1.82, 2.24) is 0 Å². The van der Waals surface area contributed by atoms with E-state index in [0.29, 0.717) is 11.5 Å². The Morgan fingerprint density at radius 1 is 0.826 bits per heavy atom. The zero-order chi connectivity index (χ0) is 16.0. The van der Waals surface area contributed by atoms with E-state index in [0.717, 1.165) is 48.5 Å². The topological polar surface area (TPSA) is 0 Å². The molecule has 4 rings (SSSR count). The molecule has 0 aromatic heterocycles. The van der Waals surface area contributed by atoms with E-state index >= 15 is 0 Å². The van der Waals surface area contributed by atoms with Gasteiger partial charge in [-0.05, 0) is 98.1 Å². The fourth-order valence-corrected chi connectivity index (χ4v) is 5.80. The van der Waals surface area contributed by atoms with Gasteiger partial charge in [0.15, 0.2) is 11.6 Å². The highest BCUT2D eigenvalue weighted by Crippen LogP contribution is 2.48. The van der Waals surface area contributed by atoms with Crippen LogP contribution in [-0.2, 0) is 12.8 Å². The highest BCUT2D eigenvalue weighted by Gasteiger charge is 2.38. The number of halogens is 2. The quantitative estimate of drug-likeness (QED) is 0.602. The van der Waals surface area contributed by atoms with Crippen LogP contribution >= 0.6 is 0 Å². The van der Waals surface area contributed by atoms with Gasteiger partial charge in [-0.15, -0.1) is 0 Å². The molecule has 0 N–H and O–H groups in total. The number of rotatable bonds is 1. The van der Waals surface area contributed by atoms with E-state index in [1.165, 1.54) is 44.6 Å². The predicted molar refractivity (Wildman–Crippen MR) is 89.2 cm³/mol. The average Bonchev–Trinajstić information content (AvgIpc) is 2.57. The number of hydrogen-bond acceptors (Lipinski definition) is 0. The maximum absolute atomic E-state index is 13.9. The molecular weight excluding hydrogens is 290 g/mol. The van der Waals surface area contributed by atoms with Crippen LogP contribution in [0, 0.1) is 41.2 Å². The molecule has 0 heterocycles. The van der Waals surface area contributed by atoms with Crippen molar-refractivity contribution in [3.8, 4) is 0 Å².